The van der Waals surface area contributed by atoms with Crippen LogP contribution in [0.1, 0.15) is 4.88 Å². The van der Waals surface area contributed by atoms with Gasteiger partial charge in [0.25, 0.3) is 0 Å². The summed E-state index contributed by atoms with van der Waals surface area (Å²) in [5.74, 6) is -2.54. The van der Waals surface area contributed by atoms with Gasteiger partial charge in [-0.15, -0.1) is 11.3 Å². The standard InChI is InChI=1S/C10H11BrN2O5S/c11-6-1-7(19-5-6)2-12-10(18)13(3-8(14)15)4-9(16)17/h1,5H,2-4H2,(H,12,18)(H,14,15)(H,16,17). The van der Waals surface area contributed by atoms with Crippen LogP contribution in [0, 0.1) is 0 Å². The number of thiophene rings is 1. The van der Waals surface area contributed by atoms with Gasteiger partial charge < -0.3 is 20.4 Å². The Bertz CT molecular complexity index is 474. The van der Waals surface area contributed by atoms with Gasteiger partial charge in [0.15, 0.2) is 0 Å². The minimum absolute atomic E-state index is 0.213. The van der Waals surface area contributed by atoms with Crippen LogP contribution in [0.25, 0.3) is 0 Å². The van der Waals surface area contributed by atoms with Crippen LogP contribution in [-0.4, -0.2) is 46.2 Å². The zero-order valence-corrected chi connectivity index (χ0v) is 12.0. The Balaban J connectivity index is 2.55. The molecule has 0 bridgehead atoms. The molecule has 7 nitrogen and oxygen atoms in total. The van der Waals surface area contributed by atoms with Crippen molar-refractivity contribution in [1.82, 2.24) is 10.2 Å². The number of carboxylic acid groups (broad SMARTS) is 2. The largest absolute Gasteiger partial charge is 0.480 e. The Hall–Kier alpha value is -1.61. The Morgan fingerprint density at radius 2 is 1.84 bits per heavy atom. The van der Waals surface area contributed by atoms with Gasteiger partial charge in [-0.3, -0.25) is 9.59 Å². The van der Waals surface area contributed by atoms with E-state index in [1.54, 1.807) is 0 Å². The molecule has 0 aliphatic rings. The average molecular weight is 351 g/mol. The maximum atomic E-state index is 11.7. The minimum Gasteiger partial charge on any atom is -0.480 e. The summed E-state index contributed by atoms with van der Waals surface area (Å²) in [5.41, 5.74) is 0. The number of amides is 2. The number of carbonyl (C=O) groups excluding carboxylic acids is 1. The molecule has 9 heteroatoms. The van der Waals surface area contributed by atoms with E-state index in [0.29, 0.717) is 4.90 Å². The van der Waals surface area contributed by atoms with E-state index >= 15 is 0 Å². The van der Waals surface area contributed by atoms with Crippen molar-refractivity contribution in [2.45, 2.75) is 6.54 Å². The summed E-state index contributed by atoms with van der Waals surface area (Å²) in [6, 6.07) is 1.08. The van der Waals surface area contributed by atoms with Crippen molar-refractivity contribution < 1.29 is 24.6 Å². The number of nitrogens with one attached hydrogen (secondary N) is 1. The summed E-state index contributed by atoms with van der Waals surface area (Å²) in [6.07, 6.45) is 0. The molecule has 104 valence electrons. The van der Waals surface area contributed by atoms with E-state index in [1.807, 2.05) is 11.4 Å². The number of nitrogens with zero attached hydrogens (tertiary/aromatic N) is 1. The normalized spacial score (nSPS) is 9.95. The molecule has 2 amide bonds. The van der Waals surface area contributed by atoms with E-state index in [0.717, 1.165) is 9.35 Å². The molecule has 0 spiro atoms. The molecule has 0 aliphatic heterocycles. The second-order valence-electron chi connectivity index (χ2n) is 3.53. The predicted octanol–water partition coefficient (Wildman–Crippen LogP) is 1.19. The van der Waals surface area contributed by atoms with Gasteiger partial charge in [-0.25, -0.2) is 4.79 Å². The summed E-state index contributed by atoms with van der Waals surface area (Å²) in [7, 11) is 0. The third-order valence-corrected chi connectivity index (χ3v) is 3.67. The second-order valence-corrected chi connectivity index (χ2v) is 5.44. The monoisotopic (exact) mass is 350 g/mol. The highest BCUT2D eigenvalue weighted by Gasteiger charge is 2.19. The molecule has 0 unspecified atom stereocenters. The molecule has 1 aromatic heterocycles. The van der Waals surface area contributed by atoms with Crippen molar-refractivity contribution >= 4 is 45.2 Å². The van der Waals surface area contributed by atoms with Crippen LogP contribution < -0.4 is 5.32 Å². The average Bonchev–Trinajstić information content (AvgIpc) is 2.70. The highest BCUT2D eigenvalue weighted by Crippen LogP contribution is 2.19. The fraction of sp³-hybridized carbons (Fsp3) is 0.300. The molecule has 1 rings (SSSR count). The third kappa shape index (κ3) is 5.71. The molecule has 19 heavy (non-hydrogen) atoms. The number of hydrogen-bond acceptors (Lipinski definition) is 4. The quantitative estimate of drug-likeness (QED) is 0.714. The molecule has 3 N–H and O–H groups in total. The lowest BCUT2D eigenvalue weighted by molar-refractivity contribution is -0.140. The van der Waals surface area contributed by atoms with Crippen molar-refractivity contribution in [2.75, 3.05) is 13.1 Å². The topological polar surface area (TPSA) is 107 Å². The molecule has 0 aromatic carbocycles. The highest BCUT2D eigenvalue weighted by atomic mass is 79.9. The van der Waals surface area contributed by atoms with E-state index < -0.39 is 31.1 Å². The summed E-state index contributed by atoms with van der Waals surface area (Å²) < 4.78 is 0.884. The van der Waals surface area contributed by atoms with E-state index in [9.17, 15) is 14.4 Å². The molecule has 0 saturated carbocycles. The minimum atomic E-state index is -1.27. The van der Waals surface area contributed by atoms with Crippen molar-refractivity contribution in [3.63, 3.8) is 0 Å². The predicted molar refractivity (Wildman–Crippen MR) is 71.1 cm³/mol. The molecule has 1 aromatic rings. The first-order valence-corrected chi connectivity index (χ1v) is 6.75. The molecule has 0 fully saturated rings. The summed E-state index contributed by atoms with van der Waals surface area (Å²) >= 11 is 4.68. The van der Waals surface area contributed by atoms with Crippen molar-refractivity contribution in [3.05, 3.63) is 20.8 Å². The van der Waals surface area contributed by atoms with Gasteiger partial charge in [0.05, 0.1) is 6.54 Å². The van der Waals surface area contributed by atoms with Gasteiger partial charge in [0.1, 0.15) is 13.1 Å². The summed E-state index contributed by atoms with van der Waals surface area (Å²) in [6.45, 7) is -1.11. The second kappa shape index (κ2) is 7.10. The van der Waals surface area contributed by atoms with E-state index in [-0.39, 0.29) is 6.54 Å². The van der Waals surface area contributed by atoms with Gasteiger partial charge in [0, 0.05) is 14.7 Å². The zero-order chi connectivity index (χ0) is 14.4. The smallest absolute Gasteiger partial charge is 0.323 e. The first kappa shape index (κ1) is 15.4. The lowest BCUT2D eigenvalue weighted by Crippen LogP contribution is -2.44. The molecular weight excluding hydrogens is 340 g/mol. The van der Waals surface area contributed by atoms with Crippen molar-refractivity contribution in [3.8, 4) is 0 Å². The van der Waals surface area contributed by atoms with Crippen LogP contribution in [0.2, 0.25) is 0 Å². The number of carboxylic acids is 2. The fourth-order valence-corrected chi connectivity index (χ4v) is 2.64. The van der Waals surface area contributed by atoms with Gasteiger partial charge in [-0.05, 0) is 22.0 Å². The van der Waals surface area contributed by atoms with Gasteiger partial charge >= 0.3 is 18.0 Å². The van der Waals surface area contributed by atoms with Gasteiger partial charge in [-0.1, -0.05) is 0 Å². The van der Waals surface area contributed by atoms with Crippen LogP contribution in [0.15, 0.2) is 15.9 Å². The fourth-order valence-electron chi connectivity index (χ4n) is 1.25. The van der Waals surface area contributed by atoms with Crippen molar-refractivity contribution in [1.29, 1.82) is 0 Å². The molecule has 0 aliphatic carbocycles. The maximum absolute atomic E-state index is 11.7. The van der Waals surface area contributed by atoms with Gasteiger partial charge in [0.2, 0.25) is 0 Å². The SMILES string of the molecule is O=C(O)CN(CC(=O)O)C(=O)NCc1cc(Br)cs1. The van der Waals surface area contributed by atoms with Crippen LogP contribution in [0.5, 0.6) is 0 Å². The lowest BCUT2D eigenvalue weighted by atomic mass is 10.4. The molecule has 0 saturated heterocycles. The number of aliphatic carboxylic acids is 2. The molecular formula is C10H11BrN2O5S. The van der Waals surface area contributed by atoms with E-state index in [2.05, 4.69) is 21.2 Å². The highest BCUT2D eigenvalue weighted by molar-refractivity contribution is 9.10. The number of halogens is 1. The Morgan fingerprint density at radius 1 is 1.26 bits per heavy atom. The zero-order valence-electron chi connectivity index (χ0n) is 9.63. The molecule has 0 radical (unpaired) electrons. The third-order valence-electron chi connectivity index (χ3n) is 1.98. The van der Waals surface area contributed by atoms with E-state index in [1.165, 1.54) is 11.3 Å². The number of hydrogen-bond donors (Lipinski definition) is 3. The number of urea groups is 1. The maximum Gasteiger partial charge on any atom is 0.323 e. The van der Waals surface area contributed by atoms with Crippen LogP contribution in [0.4, 0.5) is 4.79 Å². The molecule has 0 atom stereocenters. The first-order chi connectivity index (χ1) is 8.88. The first-order valence-electron chi connectivity index (χ1n) is 5.07. The van der Waals surface area contributed by atoms with E-state index in [4.69, 9.17) is 10.2 Å². The van der Waals surface area contributed by atoms with Crippen molar-refractivity contribution in [2.24, 2.45) is 0 Å². The lowest BCUT2D eigenvalue weighted by Gasteiger charge is -2.18. The molecule has 1 heterocycles. The van der Waals surface area contributed by atoms with Crippen LogP contribution >= 0.6 is 27.3 Å². The number of carbonyl (C=O) groups is 3. The van der Waals surface area contributed by atoms with Crippen LogP contribution in [-0.2, 0) is 16.1 Å². The van der Waals surface area contributed by atoms with Crippen LogP contribution in [0.3, 0.4) is 0 Å². The Kier molecular flexibility index (Phi) is 5.77. The Morgan fingerprint density at radius 3 is 2.26 bits per heavy atom. The summed E-state index contributed by atoms with van der Waals surface area (Å²) in [4.78, 5) is 34.4. The Labute approximate surface area is 121 Å². The summed E-state index contributed by atoms with van der Waals surface area (Å²) in [5, 5.41) is 21.5. The van der Waals surface area contributed by atoms with Gasteiger partial charge in [-0.2, -0.15) is 0 Å². The number of rotatable bonds is 6.